The SMILES string of the molecule is CC(C)[C@H](O)CN(C)[C@@H]1CCCC[C@H]1N(C)C[C@@H](O)C(C)C. The third kappa shape index (κ3) is 5.80. The third-order valence-electron chi connectivity index (χ3n) is 5.32. The second-order valence-corrected chi connectivity index (χ2v) is 7.92. The van der Waals surface area contributed by atoms with Crippen molar-refractivity contribution in [1.29, 1.82) is 0 Å². The fourth-order valence-electron chi connectivity index (χ4n) is 3.40. The zero-order valence-corrected chi connectivity index (χ0v) is 15.5. The molecule has 1 aliphatic rings. The van der Waals surface area contributed by atoms with Crippen LogP contribution in [0.25, 0.3) is 0 Å². The normalized spacial score (nSPS) is 26.2. The largest absolute Gasteiger partial charge is 0.392 e. The van der Waals surface area contributed by atoms with Crippen LogP contribution in [0.1, 0.15) is 53.4 Å². The number of hydrogen-bond donors (Lipinski definition) is 2. The molecule has 4 heteroatoms. The Labute approximate surface area is 137 Å². The quantitative estimate of drug-likeness (QED) is 0.721. The van der Waals surface area contributed by atoms with Gasteiger partial charge in [-0.25, -0.2) is 0 Å². The molecule has 0 radical (unpaired) electrons. The summed E-state index contributed by atoms with van der Waals surface area (Å²) in [5, 5.41) is 20.4. The molecule has 2 N–H and O–H groups in total. The summed E-state index contributed by atoms with van der Waals surface area (Å²) in [5.41, 5.74) is 0. The summed E-state index contributed by atoms with van der Waals surface area (Å²) >= 11 is 0. The second kappa shape index (κ2) is 9.21. The van der Waals surface area contributed by atoms with Crippen LogP contribution in [-0.2, 0) is 0 Å². The van der Waals surface area contributed by atoms with Crippen molar-refractivity contribution in [3.05, 3.63) is 0 Å². The van der Waals surface area contributed by atoms with Gasteiger partial charge in [0.05, 0.1) is 12.2 Å². The first-order valence-corrected chi connectivity index (χ1v) is 9.00. The van der Waals surface area contributed by atoms with E-state index < -0.39 is 0 Å². The van der Waals surface area contributed by atoms with Crippen molar-refractivity contribution in [1.82, 2.24) is 9.80 Å². The zero-order valence-electron chi connectivity index (χ0n) is 15.5. The van der Waals surface area contributed by atoms with Gasteiger partial charge in [-0.3, -0.25) is 9.80 Å². The Kier molecular flexibility index (Phi) is 8.33. The molecule has 1 saturated carbocycles. The Hall–Kier alpha value is -0.160. The average molecular weight is 315 g/mol. The predicted molar refractivity (Wildman–Crippen MR) is 93.0 cm³/mol. The molecule has 0 aromatic rings. The van der Waals surface area contributed by atoms with E-state index in [0.29, 0.717) is 23.9 Å². The highest BCUT2D eigenvalue weighted by molar-refractivity contribution is 4.89. The van der Waals surface area contributed by atoms with Crippen LogP contribution >= 0.6 is 0 Å². The minimum Gasteiger partial charge on any atom is -0.392 e. The fraction of sp³-hybridized carbons (Fsp3) is 1.00. The summed E-state index contributed by atoms with van der Waals surface area (Å²) in [7, 11) is 4.28. The molecule has 1 fully saturated rings. The minimum atomic E-state index is -0.265. The lowest BCUT2D eigenvalue weighted by molar-refractivity contribution is 0.00785. The van der Waals surface area contributed by atoms with E-state index >= 15 is 0 Å². The van der Waals surface area contributed by atoms with E-state index in [4.69, 9.17) is 0 Å². The highest BCUT2D eigenvalue weighted by Crippen LogP contribution is 2.27. The molecular weight excluding hydrogens is 276 g/mol. The number of rotatable bonds is 8. The lowest BCUT2D eigenvalue weighted by Gasteiger charge is -2.44. The molecule has 0 bridgehead atoms. The van der Waals surface area contributed by atoms with Gasteiger partial charge in [0.1, 0.15) is 0 Å². The summed E-state index contributed by atoms with van der Waals surface area (Å²) in [5.74, 6) is 0.593. The van der Waals surface area contributed by atoms with Crippen molar-refractivity contribution in [3.8, 4) is 0 Å². The first-order chi connectivity index (χ1) is 10.2. The fourth-order valence-corrected chi connectivity index (χ4v) is 3.40. The van der Waals surface area contributed by atoms with E-state index in [1.807, 2.05) is 0 Å². The van der Waals surface area contributed by atoms with Crippen LogP contribution in [0.4, 0.5) is 0 Å². The van der Waals surface area contributed by atoms with Crippen molar-refractivity contribution in [2.24, 2.45) is 11.8 Å². The minimum absolute atomic E-state index is 0.265. The van der Waals surface area contributed by atoms with Crippen molar-refractivity contribution >= 4 is 0 Å². The highest BCUT2D eigenvalue weighted by atomic mass is 16.3. The van der Waals surface area contributed by atoms with Crippen molar-refractivity contribution < 1.29 is 10.2 Å². The molecule has 0 saturated heterocycles. The summed E-state index contributed by atoms with van der Waals surface area (Å²) in [6.07, 6.45) is 4.38. The van der Waals surface area contributed by atoms with E-state index in [-0.39, 0.29) is 12.2 Å². The van der Waals surface area contributed by atoms with Crippen LogP contribution in [0.15, 0.2) is 0 Å². The molecule has 0 unspecified atom stereocenters. The Morgan fingerprint density at radius 1 is 0.773 bits per heavy atom. The first kappa shape index (κ1) is 19.9. The number of hydrogen-bond acceptors (Lipinski definition) is 4. The molecule has 0 amide bonds. The van der Waals surface area contributed by atoms with Gasteiger partial charge in [-0.2, -0.15) is 0 Å². The lowest BCUT2D eigenvalue weighted by Crippen LogP contribution is -2.54. The van der Waals surface area contributed by atoms with Gasteiger partial charge in [0.25, 0.3) is 0 Å². The van der Waals surface area contributed by atoms with Gasteiger partial charge >= 0.3 is 0 Å². The van der Waals surface area contributed by atoms with E-state index in [2.05, 4.69) is 51.6 Å². The van der Waals surface area contributed by atoms with Gasteiger partial charge in [0.2, 0.25) is 0 Å². The van der Waals surface area contributed by atoms with E-state index in [1.54, 1.807) is 0 Å². The Bertz CT molecular complexity index is 279. The molecule has 22 heavy (non-hydrogen) atoms. The van der Waals surface area contributed by atoms with Gasteiger partial charge < -0.3 is 10.2 Å². The zero-order chi connectivity index (χ0) is 16.9. The van der Waals surface area contributed by atoms with Crippen LogP contribution in [0.3, 0.4) is 0 Å². The van der Waals surface area contributed by atoms with Gasteiger partial charge in [0.15, 0.2) is 0 Å². The number of likely N-dealkylation sites (N-methyl/N-ethyl adjacent to an activating group) is 2. The maximum atomic E-state index is 10.2. The monoisotopic (exact) mass is 314 g/mol. The molecule has 1 rings (SSSR count). The molecule has 4 nitrogen and oxygen atoms in total. The van der Waals surface area contributed by atoms with Crippen molar-refractivity contribution in [2.75, 3.05) is 27.2 Å². The molecular formula is C18H38N2O2. The van der Waals surface area contributed by atoms with Crippen LogP contribution in [0.5, 0.6) is 0 Å². The van der Waals surface area contributed by atoms with E-state index in [9.17, 15) is 10.2 Å². The molecule has 0 aliphatic heterocycles. The lowest BCUT2D eigenvalue weighted by atomic mass is 9.87. The molecule has 0 aromatic carbocycles. The smallest absolute Gasteiger partial charge is 0.0689 e. The predicted octanol–water partition coefficient (Wildman–Crippen LogP) is 2.19. The summed E-state index contributed by atoms with van der Waals surface area (Å²) in [6, 6.07) is 0.957. The standard InChI is InChI=1S/C18H38N2O2/c1-13(2)17(21)11-19(5)15-9-7-8-10-16(15)20(6)12-18(22)14(3)4/h13-18,21-22H,7-12H2,1-6H3/t15-,16-,17-,18-/m1/s1. The topological polar surface area (TPSA) is 46.9 Å². The molecule has 132 valence electrons. The highest BCUT2D eigenvalue weighted by Gasteiger charge is 2.32. The summed E-state index contributed by atoms with van der Waals surface area (Å²) in [6.45, 7) is 9.76. The van der Waals surface area contributed by atoms with Gasteiger partial charge in [-0.15, -0.1) is 0 Å². The second-order valence-electron chi connectivity index (χ2n) is 7.92. The van der Waals surface area contributed by atoms with Crippen LogP contribution in [0, 0.1) is 11.8 Å². The first-order valence-electron chi connectivity index (χ1n) is 9.00. The van der Waals surface area contributed by atoms with Crippen LogP contribution in [-0.4, -0.2) is 71.5 Å². The molecule has 0 spiro atoms. The molecule has 0 heterocycles. The van der Waals surface area contributed by atoms with E-state index in [0.717, 1.165) is 13.1 Å². The van der Waals surface area contributed by atoms with Gasteiger partial charge in [0, 0.05) is 25.2 Å². The number of aliphatic hydroxyl groups excluding tert-OH is 2. The summed E-state index contributed by atoms with van der Waals surface area (Å²) in [4.78, 5) is 4.68. The van der Waals surface area contributed by atoms with Crippen LogP contribution in [0.2, 0.25) is 0 Å². The summed E-state index contributed by atoms with van der Waals surface area (Å²) < 4.78 is 0. The molecule has 1 aliphatic carbocycles. The van der Waals surface area contributed by atoms with Crippen molar-refractivity contribution in [2.45, 2.75) is 77.7 Å². The average Bonchev–Trinajstić information content (AvgIpc) is 2.46. The Morgan fingerprint density at radius 2 is 1.09 bits per heavy atom. The Balaban J connectivity index is 2.65. The molecule has 4 atom stereocenters. The number of aliphatic hydroxyl groups is 2. The Morgan fingerprint density at radius 3 is 1.36 bits per heavy atom. The maximum Gasteiger partial charge on any atom is 0.0689 e. The molecule has 0 aromatic heterocycles. The van der Waals surface area contributed by atoms with Gasteiger partial charge in [-0.05, 0) is 38.8 Å². The van der Waals surface area contributed by atoms with Gasteiger partial charge in [-0.1, -0.05) is 40.5 Å². The van der Waals surface area contributed by atoms with Crippen LogP contribution < -0.4 is 0 Å². The maximum absolute atomic E-state index is 10.2. The number of nitrogens with zero attached hydrogens (tertiary/aromatic N) is 2. The van der Waals surface area contributed by atoms with Crippen molar-refractivity contribution in [3.63, 3.8) is 0 Å². The third-order valence-corrected chi connectivity index (χ3v) is 5.32. The van der Waals surface area contributed by atoms with E-state index in [1.165, 1.54) is 25.7 Å².